The highest BCUT2D eigenvalue weighted by molar-refractivity contribution is 8.00. The monoisotopic (exact) mass is 476 g/mol. The molecule has 1 aliphatic heterocycles. The number of alkyl halides is 3. The summed E-state index contributed by atoms with van der Waals surface area (Å²) in [5.74, 6) is 0.309. The molecule has 2 aromatic carbocycles. The van der Waals surface area contributed by atoms with Crippen LogP contribution < -0.4 is 9.64 Å². The lowest BCUT2D eigenvalue weighted by Gasteiger charge is -2.16. The fourth-order valence-electron chi connectivity index (χ4n) is 3.07. The Labute approximate surface area is 189 Å². The fraction of sp³-hybridized carbons (Fsp3) is 0.143. The van der Waals surface area contributed by atoms with Gasteiger partial charge in [-0.1, -0.05) is 11.7 Å². The number of methoxy groups -OCH3 is 1. The van der Waals surface area contributed by atoms with Crippen LogP contribution in [0.3, 0.4) is 0 Å². The molecule has 0 bridgehead atoms. The zero-order valence-corrected chi connectivity index (χ0v) is 17.8. The van der Waals surface area contributed by atoms with Gasteiger partial charge in [-0.3, -0.25) is 9.69 Å². The second-order valence-electron chi connectivity index (χ2n) is 6.74. The summed E-state index contributed by atoms with van der Waals surface area (Å²) in [6, 6.07) is 11.1. The average molecular weight is 476 g/mol. The highest BCUT2D eigenvalue weighted by atomic mass is 32.2. The largest absolute Gasteiger partial charge is 0.497 e. The van der Waals surface area contributed by atoms with Crippen LogP contribution in [0.1, 0.15) is 5.82 Å². The van der Waals surface area contributed by atoms with E-state index in [2.05, 4.69) is 16.7 Å². The van der Waals surface area contributed by atoms with Crippen molar-refractivity contribution in [3.05, 3.63) is 66.6 Å². The molecule has 0 aliphatic carbocycles. The van der Waals surface area contributed by atoms with Crippen molar-refractivity contribution in [2.45, 2.75) is 16.9 Å². The van der Waals surface area contributed by atoms with E-state index in [1.807, 2.05) is 0 Å². The Morgan fingerprint density at radius 2 is 1.76 bits per heavy atom. The number of urea groups is 1. The van der Waals surface area contributed by atoms with E-state index in [0.29, 0.717) is 11.3 Å². The van der Waals surface area contributed by atoms with Gasteiger partial charge in [-0.15, -0.1) is 0 Å². The van der Waals surface area contributed by atoms with Crippen LogP contribution in [0.5, 0.6) is 5.75 Å². The van der Waals surface area contributed by atoms with Gasteiger partial charge in [0.1, 0.15) is 11.4 Å². The SMILES string of the molecule is C=C1C(=O)N(c2ccc(SC(F)(F)F)cc2)C(=O)N1Cc1noc(-c2ccc(OC)cc2)n1. The third-order valence-corrected chi connectivity index (χ3v) is 5.37. The number of benzene rings is 2. The van der Waals surface area contributed by atoms with Crippen molar-refractivity contribution in [1.29, 1.82) is 0 Å². The summed E-state index contributed by atoms with van der Waals surface area (Å²) in [6.45, 7) is 3.47. The topological polar surface area (TPSA) is 88.8 Å². The maximum absolute atomic E-state index is 12.9. The van der Waals surface area contributed by atoms with Crippen molar-refractivity contribution in [3.8, 4) is 17.2 Å². The number of amides is 3. The van der Waals surface area contributed by atoms with Gasteiger partial charge in [-0.2, -0.15) is 18.2 Å². The molecule has 12 heteroatoms. The maximum atomic E-state index is 12.9. The minimum absolute atomic E-state index is 0.0705. The molecule has 1 aliphatic rings. The molecule has 0 atom stereocenters. The summed E-state index contributed by atoms with van der Waals surface area (Å²) in [4.78, 5) is 31.6. The summed E-state index contributed by atoms with van der Waals surface area (Å²) >= 11 is -0.291. The fourth-order valence-corrected chi connectivity index (χ4v) is 3.61. The smallest absolute Gasteiger partial charge is 0.446 e. The Kier molecular flexibility index (Phi) is 5.85. The average Bonchev–Trinajstić information content (AvgIpc) is 3.33. The lowest BCUT2D eigenvalue weighted by atomic mass is 10.2. The van der Waals surface area contributed by atoms with Crippen LogP contribution in [0.25, 0.3) is 11.5 Å². The van der Waals surface area contributed by atoms with Crippen LogP contribution in [-0.4, -0.2) is 39.6 Å². The summed E-state index contributed by atoms with van der Waals surface area (Å²) in [5, 5.41) is 3.84. The van der Waals surface area contributed by atoms with E-state index >= 15 is 0 Å². The summed E-state index contributed by atoms with van der Waals surface area (Å²) in [7, 11) is 1.54. The number of hydrogen-bond donors (Lipinski definition) is 0. The number of nitrogens with zero attached hydrogens (tertiary/aromatic N) is 4. The number of ether oxygens (including phenoxy) is 1. The first-order valence-corrected chi connectivity index (χ1v) is 10.2. The maximum Gasteiger partial charge on any atom is 0.446 e. The molecule has 170 valence electrons. The van der Waals surface area contributed by atoms with E-state index in [9.17, 15) is 22.8 Å². The predicted molar refractivity (Wildman–Crippen MR) is 112 cm³/mol. The number of rotatable bonds is 6. The zero-order valence-electron chi connectivity index (χ0n) is 17.0. The summed E-state index contributed by atoms with van der Waals surface area (Å²) in [5.41, 5.74) is -3.81. The summed E-state index contributed by atoms with van der Waals surface area (Å²) in [6.07, 6.45) is 0. The molecule has 1 saturated heterocycles. The quantitative estimate of drug-likeness (QED) is 0.286. The van der Waals surface area contributed by atoms with Crippen LogP contribution in [0.15, 0.2) is 70.2 Å². The van der Waals surface area contributed by atoms with Crippen LogP contribution in [0, 0.1) is 0 Å². The third-order valence-electron chi connectivity index (χ3n) is 4.63. The van der Waals surface area contributed by atoms with E-state index in [-0.39, 0.29) is 46.3 Å². The van der Waals surface area contributed by atoms with Crippen LogP contribution in [-0.2, 0) is 11.3 Å². The molecule has 0 spiro atoms. The first-order chi connectivity index (χ1) is 15.7. The van der Waals surface area contributed by atoms with Gasteiger partial charge in [0.2, 0.25) is 0 Å². The molecule has 2 heterocycles. The van der Waals surface area contributed by atoms with E-state index < -0.39 is 17.4 Å². The Morgan fingerprint density at radius 3 is 2.36 bits per heavy atom. The Morgan fingerprint density at radius 1 is 1.09 bits per heavy atom. The van der Waals surface area contributed by atoms with Gasteiger partial charge in [-0.25, -0.2) is 9.69 Å². The number of carbonyl (C=O) groups excluding carboxylic acids is 2. The molecule has 0 radical (unpaired) electrons. The van der Waals surface area contributed by atoms with Crippen molar-refractivity contribution in [2.24, 2.45) is 0 Å². The Bertz CT molecular complexity index is 1210. The van der Waals surface area contributed by atoms with Gasteiger partial charge in [0, 0.05) is 10.5 Å². The molecule has 0 N–H and O–H groups in total. The van der Waals surface area contributed by atoms with E-state index in [1.165, 1.54) is 24.3 Å². The molecular formula is C21H15F3N4O4S. The molecular weight excluding hydrogens is 461 g/mol. The van der Waals surface area contributed by atoms with Gasteiger partial charge < -0.3 is 9.26 Å². The van der Waals surface area contributed by atoms with Crippen LogP contribution >= 0.6 is 11.8 Å². The van der Waals surface area contributed by atoms with E-state index in [1.54, 1.807) is 31.4 Å². The van der Waals surface area contributed by atoms with Gasteiger partial charge >= 0.3 is 11.5 Å². The van der Waals surface area contributed by atoms with Gasteiger partial charge in [0.15, 0.2) is 5.82 Å². The van der Waals surface area contributed by atoms with Crippen molar-refractivity contribution < 1.29 is 32.0 Å². The van der Waals surface area contributed by atoms with Gasteiger partial charge in [0.25, 0.3) is 11.8 Å². The number of imide groups is 1. The molecule has 3 amide bonds. The number of hydrogen-bond acceptors (Lipinski definition) is 7. The lowest BCUT2D eigenvalue weighted by molar-refractivity contribution is -0.114. The normalized spacial score (nSPS) is 14.4. The van der Waals surface area contributed by atoms with E-state index in [0.717, 1.165) is 9.80 Å². The van der Waals surface area contributed by atoms with Crippen molar-refractivity contribution >= 4 is 29.4 Å². The standard InChI is InChI=1S/C21H15F3N4O4S/c1-12-19(29)28(14-5-9-16(10-6-14)33-21(22,23)24)20(30)27(12)11-17-25-18(32-26-17)13-3-7-15(31-2)8-4-13/h3-10H,1,11H2,2H3. The van der Waals surface area contributed by atoms with Crippen molar-refractivity contribution in [2.75, 3.05) is 12.0 Å². The third kappa shape index (κ3) is 4.70. The van der Waals surface area contributed by atoms with E-state index in [4.69, 9.17) is 9.26 Å². The second-order valence-corrected chi connectivity index (χ2v) is 7.88. The minimum atomic E-state index is -4.44. The number of carbonyl (C=O) groups is 2. The van der Waals surface area contributed by atoms with Crippen LogP contribution in [0.4, 0.5) is 23.7 Å². The number of thioether (sulfide) groups is 1. The Hall–Kier alpha value is -3.80. The number of anilines is 1. The molecule has 0 unspecified atom stereocenters. The molecule has 1 aromatic heterocycles. The van der Waals surface area contributed by atoms with Gasteiger partial charge in [0.05, 0.1) is 19.3 Å². The first-order valence-electron chi connectivity index (χ1n) is 9.34. The van der Waals surface area contributed by atoms with Gasteiger partial charge in [-0.05, 0) is 60.3 Å². The molecule has 8 nitrogen and oxygen atoms in total. The first kappa shape index (κ1) is 22.4. The highest BCUT2D eigenvalue weighted by Gasteiger charge is 2.41. The van der Waals surface area contributed by atoms with Crippen molar-refractivity contribution in [1.82, 2.24) is 15.0 Å². The Balaban J connectivity index is 1.50. The molecule has 1 fully saturated rings. The zero-order chi connectivity index (χ0) is 23.8. The van der Waals surface area contributed by atoms with Crippen molar-refractivity contribution in [3.63, 3.8) is 0 Å². The second kappa shape index (κ2) is 8.62. The minimum Gasteiger partial charge on any atom is -0.497 e. The number of aromatic nitrogens is 2. The number of halogens is 3. The van der Waals surface area contributed by atoms with Crippen LogP contribution in [0.2, 0.25) is 0 Å². The lowest BCUT2D eigenvalue weighted by Crippen LogP contribution is -2.32. The summed E-state index contributed by atoms with van der Waals surface area (Å²) < 4.78 is 47.9. The highest BCUT2D eigenvalue weighted by Crippen LogP contribution is 2.38. The molecule has 33 heavy (non-hydrogen) atoms. The molecule has 0 saturated carbocycles. The predicted octanol–water partition coefficient (Wildman–Crippen LogP) is 4.84. The molecule has 4 rings (SSSR count). The molecule has 3 aromatic rings.